The first-order valence-electron chi connectivity index (χ1n) is 9.05. The van der Waals surface area contributed by atoms with Crippen LogP contribution in [0.1, 0.15) is 53.7 Å². The van der Waals surface area contributed by atoms with E-state index in [4.69, 9.17) is 0 Å². The molecular formula is C18H23N5O3S. The molecule has 0 radical (unpaired) electrons. The third kappa shape index (κ3) is 3.31. The minimum atomic E-state index is -3.33. The standard InChI is InChI=1S/C18H23N5O3S/c1-12-17-19-16(13-4-5-13)20-23(17)11-10-22(12)18(24)14-6-8-15(9-7-14)21(2)27(3,25)26/h6-9,12-13H,4-5,10-11H2,1-3H3/t12-/m1/s1. The van der Waals surface area contributed by atoms with Gasteiger partial charge >= 0.3 is 0 Å². The molecule has 4 rings (SSSR count). The molecule has 1 aromatic carbocycles. The Labute approximate surface area is 158 Å². The Bertz CT molecular complexity index is 979. The summed E-state index contributed by atoms with van der Waals surface area (Å²) in [6, 6.07) is 6.49. The first kappa shape index (κ1) is 18.0. The van der Waals surface area contributed by atoms with E-state index >= 15 is 0 Å². The van der Waals surface area contributed by atoms with Gasteiger partial charge in [0.2, 0.25) is 10.0 Å². The van der Waals surface area contributed by atoms with Gasteiger partial charge in [-0.1, -0.05) is 0 Å². The fourth-order valence-corrected chi connectivity index (χ4v) is 3.85. The van der Waals surface area contributed by atoms with Crippen LogP contribution in [0, 0.1) is 0 Å². The molecule has 1 atom stereocenters. The van der Waals surface area contributed by atoms with Crippen molar-refractivity contribution in [2.45, 2.75) is 38.3 Å². The topological polar surface area (TPSA) is 88.4 Å². The lowest BCUT2D eigenvalue weighted by molar-refractivity contribution is 0.0631. The van der Waals surface area contributed by atoms with Crippen molar-refractivity contribution in [2.24, 2.45) is 0 Å². The van der Waals surface area contributed by atoms with Gasteiger partial charge in [0, 0.05) is 25.1 Å². The molecule has 1 fully saturated rings. The van der Waals surface area contributed by atoms with Crippen LogP contribution < -0.4 is 4.31 Å². The highest BCUT2D eigenvalue weighted by Crippen LogP contribution is 2.39. The van der Waals surface area contributed by atoms with Gasteiger partial charge in [0.1, 0.15) is 5.82 Å². The van der Waals surface area contributed by atoms with Crippen LogP contribution in [0.15, 0.2) is 24.3 Å². The third-order valence-electron chi connectivity index (χ3n) is 5.29. The van der Waals surface area contributed by atoms with Gasteiger partial charge in [0.25, 0.3) is 5.91 Å². The van der Waals surface area contributed by atoms with Crippen molar-refractivity contribution in [1.29, 1.82) is 0 Å². The number of benzene rings is 1. The average molecular weight is 389 g/mol. The van der Waals surface area contributed by atoms with E-state index in [1.54, 1.807) is 29.2 Å². The number of carbonyl (C=O) groups excluding carboxylic acids is 1. The number of hydrogen-bond acceptors (Lipinski definition) is 5. The van der Waals surface area contributed by atoms with Crippen LogP contribution in [0.2, 0.25) is 0 Å². The van der Waals surface area contributed by atoms with Crippen LogP contribution in [-0.2, 0) is 16.6 Å². The number of anilines is 1. The predicted molar refractivity (Wildman–Crippen MR) is 101 cm³/mol. The zero-order valence-corrected chi connectivity index (χ0v) is 16.5. The van der Waals surface area contributed by atoms with Gasteiger partial charge in [-0.25, -0.2) is 18.1 Å². The predicted octanol–water partition coefficient (Wildman–Crippen LogP) is 1.77. The van der Waals surface area contributed by atoms with Crippen LogP contribution in [0.3, 0.4) is 0 Å². The van der Waals surface area contributed by atoms with Gasteiger partial charge in [-0.2, -0.15) is 5.10 Å². The number of sulfonamides is 1. The zero-order valence-electron chi connectivity index (χ0n) is 15.7. The monoisotopic (exact) mass is 389 g/mol. The molecular weight excluding hydrogens is 366 g/mol. The number of carbonyl (C=O) groups is 1. The van der Waals surface area contributed by atoms with E-state index < -0.39 is 10.0 Å². The lowest BCUT2D eigenvalue weighted by atomic mass is 10.1. The second-order valence-corrected chi connectivity index (χ2v) is 9.29. The molecule has 0 N–H and O–H groups in total. The van der Waals surface area contributed by atoms with E-state index in [1.807, 2.05) is 11.6 Å². The Morgan fingerprint density at radius 3 is 2.44 bits per heavy atom. The van der Waals surface area contributed by atoms with Crippen LogP contribution in [0.4, 0.5) is 5.69 Å². The molecule has 2 heterocycles. The zero-order chi connectivity index (χ0) is 19.3. The van der Waals surface area contributed by atoms with Gasteiger partial charge in [0.15, 0.2) is 5.82 Å². The average Bonchev–Trinajstić information content (AvgIpc) is 3.39. The van der Waals surface area contributed by atoms with Crippen molar-refractivity contribution >= 4 is 21.6 Å². The molecule has 0 spiro atoms. The molecule has 2 aromatic rings. The van der Waals surface area contributed by atoms with E-state index in [1.165, 1.54) is 11.4 Å². The summed E-state index contributed by atoms with van der Waals surface area (Å²) in [4.78, 5) is 19.5. The molecule has 8 nitrogen and oxygen atoms in total. The third-order valence-corrected chi connectivity index (χ3v) is 6.50. The number of nitrogens with zero attached hydrogens (tertiary/aromatic N) is 5. The van der Waals surface area contributed by atoms with Crippen molar-refractivity contribution in [3.8, 4) is 0 Å². The molecule has 1 amide bonds. The number of aromatic nitrogens is 3. The van der Waals surface area contributed by atoms with Crippen molar-refractivity contribution < 1.29 is 13.2 Å². The summed E-state index contributed by atoms with van der Waals surface area (Å²) in [5.74, 6) is 2.14. The lowest BCUT2D eigenvalue weighted by Crippen LogP contribution is -2.41. The molecule has 144 valence electrons. The Balaban J connectivity index is 1.54. The number of fused-ring (bicyclic) bond motifs is 1. The summed E-state index contributed by atoms with van der Waals surface area (Å²) >= 11 is 0. The van der Waals surface area contributed by atoms with Crippen molar-refractivity contribution in [2.75, 3.05) is 24.2 Å². The molecule has 1 aliphatic carbocycles. The Hall–Kier alpha value is -2.42. The summed E-state index contributed by atoms with van der Waals surface area (Å²) in [6.45, 7) is 3.19. The maximum Gasteiger partial charge on any atom is 0.254 e. The molecule has 1 aromatic heterocycles. The van der Waals surface area contributed by atoms with Gasteiger partial charge in [-0.05, 0) is 44.0 Å². The van der Waals surface area contributed by atoms with Gasteiger partial charge in [-0.3, -0.25) is 9.10 Å². The van der Waals surface area contributed by atoms with Gasteiger partial charge < -0.3 is 4.90 Å². The van der Waals surface area contributed by atoms with E-state index in [0.717, 1.165) is 30.7 Å². The minimum absolute atomic E-state index is 0.0849. The Kier molecular flexibility index (Phi) is 4.21. The Morgan fingerprint density at radius 2 is 1.85 bits per heavy atom. The van der Waals surface area contributed by atoms with Crippen LogP contribution >= 0.6 is 0 Å². The number of rotatable bonds is 4. The number of amides is 1. The molecule has 2 aliphatic rings. The molecule has 27 heavy (non-hydrogen) atoms. The van der Waals surface area contributed by atoms with Crippen LogP contribution in [0.25, 0.3) is 0 Å². The second-order valence-electron chi connectivity index (χ2n) is 7.28. The molecule has 0 saturated heterocycles. The highest BCUT2D eigenvalue weighted by molar-refractivity contribution is 7.92. The summed E-state index contributed by atoms with van der Waals surface area (Å²) in [6.07, 6.45) is 3.44. The summed E-state index contributed by atoms with van der Waals surface area (Å²) < 4.78 is 26.4. The lowest BCUT2D eigenvalue weighted by Gasteiger charge is -2.33. The summed E-state index contributed by atoms with van der Waals surface area (Å²) in [7, 11) is -1.84. The van der Waals surface area contributed by atoms with Crippen LogP contribution in [0.5, 0.6) is 0 Å². The Morgan fingerprint density at radius 1 is 1.19 bits per heavy atom. The van der Waals surface area contributed by atoms with Gasteiger partial charge in [-0.15, -0.1) is 0 Å². The van der Waals surface area contributed by atoms with Crippen molar-refractivity contribution in [3.63, 3.8) is 0 Å². The van der Waals surface area contributed by atoms with Gasteiger partial charge in [0.05, 0.1) is 24.5 Å². The highest BCUT2D eigenvalue weighted by Gasteiger charge is 2.34. The minimum Gasteiger partial charge on any atom is -0.327 e. The van der Waals surface area contributed by atoms with E-state index in [9.17, 15) is 13.2 Å². The summed E-state index contributed by atoms with van der Waals surface area (Å²) in [5.41, 5.74) is 1.05. The molecule has 1 saturated carbocycles. The SMILES string of the molecule is C[C@@H]1c2nc(C3CC3)nn2CCN1C(=O)c1ccc(N(C)S(C)(=O)=O)cc1. The smallest absolute Gasteiger partial charge is 0.254 e. The maximum atomic E-state index is 13.0. The normalized spacial score (nSPS) is 19.7. The molecule has 1 aliphatic heterocycles. The van der Waals surface area contributed by atoms with E-state index in [0.29, 0.717) is 30.3 Å². The fourth-order valence-electron chi connectivity index (χ4n) is 3.34. The molecule has 9 heteroatoms. The first-order valence-corrected chi connectivity index (χ1v) is 10.9. The summed E-state index contributed by atoms with van der Waals surface area (Å²) in [5, 5.41) is 4.59. The maximum absolute atomic E-state index is 13.0. The molecule has 0 bridgehead atoms. The fraction of sp³-hybridized carbons (Fsp3) is 0.500. The van der Waals surface area contributed by atoms with E-state index in [-0.39, 0.29) is 11.9 Å². The largest absolute Gasteiger partial charge is 0.327 e. The van der Waals surface area contributed by atoms with E-state index in [2.05, 4.69) is 10.1 Å². The first-order chi connectivity index (χ1) is 12.8. The highest BCUT2D eigenvalue weighted by atomic mass is 32.2. The van der Waals surface area contributed by atoms with Crippen molar-refractivity contribution in [3.05, 3.63) is 41.5 Å². The molecule has 0 unspecified atom stereocenters. The quantitative estimate of drug-likeness (QED) is 0.795. The van der Waals surface area contributed by atoms with Crippen LogP contribution in [-0.4, -0.2) is 53.8 Å². The number of hydrogen-bond donors (Lipinski definition) is 0. The second kappa shape index (κ2) is 6.33. The van der Waals surface area contributed by atoms with Crippen molar-refractivity contribution in [1.82, 2.24) is 19.7 Å².